The second kappa shape index (κ2) is 10.5. The Morgan fingerprint density at radius 3 is 2.38 bits per heavy atom. The van der Waals surface area contributed by atoms with Gasteiger partial charge in [-0.1, -0.05) is 11.6 Å². The second-order valence-corrected chi connectivity index (χ2v) is 4.41. The first-order valence-electron chi connectivity index (χ1n) is 6.41. The molecule has 0 amide bonds. The Labute approximate surface area is 127 Å². The SMILES string of the molecule is COCCOCCOCCOC(=O)c1cc(Cl)ccc1F. The minimum Gasteiger partial charge on any atom is -0.460 e. The number of halogens is 2. The lowest BCUT2D eigenvalue weighted by Crippen LogP contribution is -2.14. The van der Waals surface area contributed by atoms with Crippen molar-refractivity contribution in [3.63, 3.8) is 0 Å². The Kier molecular flexibility index (Phi) is 8.93. The number of carbonyl (C=O) groups excluding carboxylic acids is 1. The van der Waals surface area contributed by atoms with Gasteiger partial charge in [-0.25, -0.2) is 9.18 Å². The number of hydrogen-bond acceptors (Lipinski definition) is 5. The Morgan fingerprint density at radius 2 is 1.71 bits per heavy atom. The van der Waals surface area contributed by atoms with E-state index in [1.54, 1.807) is 7.11 Å². The summed E-state index contributed by atoms with van der Waals surface area (Å²) in [6.45, 7) is 2.09. The molecule has 0 heterocycles. The van der Waals surface area contributed by atoms with Gasteiger partial charge in [-0.3, -0.25) is 0 Å². The topological polar surface area (TPSA) is 54.0 Å². The number of esters is 1. The van der Waals surface area contributed by atoms with Crippen molar-refractivity contribution in [1.29, 1.82) is 0 Å². The molecule has 1 rings (SSSR count). The zero-order valence-electron chi connectivity index (χ0n) is 11.8. The van der Waals surface area contributed by atoms with E-state index in [4.69, 9.17) is 30.5 Å². The van der Waals surface area contributed by atoms with Gasteiger partial charge >= 0.3 is 5.97 Å². The molecule has 0 bridgehead atoms. The van der Waals surface area contributed by atoms with Gasteiger partial charge in [0.1, 0.15) is 12.4 Å². The monoisotopic (exact) mass is 320 g/mol. The highest BCUT2D eigenvalue weighted by Crippen LogP contribution is 2.15. The molecule has 5 nitrogen and oxygen atoms in total. The van der Waals surface area contributed by atoms with Crippen molar-refractivity contribution in [3.05, 3.63) is 34.6 Å². The first-order valence-corrected chi connectivity index (χ1v) is 6.79. The van der Waals surface area contributed by atoms with Crippen LogP contribution in [0.25, 0.3) is 0 Å². The number of hydrogen-bond donors (Lipinski definition) is 0. The highest BCUT2D eigenvalue weighted by atomic mass is 35.5. The average Bonchev–Trinajstić information content (AvgIpc) is 2.48. The van der Waals surface area contributed by atoms with Crippen LogP contribution in [0.1, 0.15) is 10.4 Å². The van der Waals surface area contributed by atoms with Crippen molar-refractivity contribution in [3.8, 4) is 0 Å². The van der Waals surface area contributed by atoms with Crippen LogP contribution in [0.2, 0.25) is 5.02 Å². The second-order valence-electron chi connectivity index (χ2n) is 3.98. The lowest BCUT2D eigenvalue weighted by molar-refractivity contribution is 0.00554. The van der Waals surface area contributed by atoms with Crippen LogP contribution in [0, 0.1) is 5.82 Å². The van der Waals surface area contributed by atoms with E-state index in [2.05, 4.69) is 0 Å². The van der Waals surface area contributed by atoms with Crippen molar-refractivity contribution >= 4 is 17.6 Å². The van der Waals surface area contributed by atoms with E-state index in [0.29, 0.717) is 26.4 Å². The summed E-state index contributed by atoms with van der Waals surface area (Å²) in [6, 6.07) is 3.71. The molecule has 0 saturated carbocycles. The maximum Gasteiger partial charge on any atom is 0.341 e. The summed E-state index contributed by atoms with van der Waals surface area (Å²) in [5.74, 6) is -1.44. The molecule has 0 atom stereocenters. The Bertz CT molecular complexity index is 441. The number of carbonyl (C=O) groups is 1. The zero-order chi connectivity index (χ0) is 15.5. The van der Waals surface area contributed by atoms with Gasteiger partial charge in [-0.15, -0.1) is 0 Å². The molecular formula is C14H18ClFO5. The van der Waals surface area contributed by atoms with Crippen LogP contribution >= 0.6 is 11.6 Å². The van der Waals surface area contributed by atoms with E-state index in [1.807, 2.05) is 0 Å². The molecule has 0 aromatic heterocycles. The third kappa shape index (κ3) is 7.38. The number of methoxy groups -OCH3 is 1. The summed E-state index contributed by atoms with van der Waals surface area (Å²) in [5.41, 5.74) is -0.189. The van der Waals surface area contributed by atoms with Crippen molar-refractivity contribution in [2.75, 3.05) is 46.8 Å². The molecular weight excluding hydrogens is 303 g/mol. The molecule has 0 N–H and O–H groups in total. The molecule has 0 aliphatic carbocycles. The summed E-state index contributed by atoms with van der Waals surface area (Å²) in [7, 11) is 1.59. The molecule has 0 aliphatic rings. The lowest BCUT2D eigenvalue weighted by Gasteiger charge is -2.07. The zero-order valence-corrected chi connectivity index (χ0v) is 12.5. The molecule has 0 spiro atoms. The average molecular weight is 321 g/mol. The minimum absolute atomic E-state index is 0.0306. The van der Waals surface area contributed by atoms with Crippen LogP contribution in [0.3, 0.4) is 0 Å². The van der Waals surface area contributed by atoms with Crippen molar-refractivity contribution in [2.45, 2.75) is 0 Å². The third-order valence-corrected chi connectivity index (χ3v) is 2.65. The molecule has 0 aliphatic heterocycles. The molecule has 0 fully saturated rings. The summed E-state index contributed by atoms with van der Waals surface area (Å²) in [6.07, 6.45) is 0. The standard InChI is InChI=1S/C14H18ClFO5/c1-18-4-5-19-6-7-20-8-9-21-14(17)12-10-11(15)2-3-13(12)16/h2-3,10H,4-9H2,1H3. The quantitative estimate of drug-likeness (QED) is 0.489. The van der Waals surface area contributed by atoms with E-state index in [-0.39, 0.29) is 23.8 Å². The normalized spacial score (nSPS) is 10.6. The highest BCUT2D eigenvalue weighted by Gasteiger charge is 2.13. The predicted molar refractivity (Wildman–Crippen MR) is 75.2 cm³/mol. The predicted octanol–water partition coefficient (Wildman–Crippen LogP) is 2.32. The van der Waals surface area contributed by atoms with E-state index >= 15 is 0 Å². The molecule has 1 aromatic rings. The van der Waals surface area contributed by atoms with Crippen molar-refractivity contribution < 1.29 is 28.1 Å². The molecule has 7 heteroatoms. The van der Waals surface area contributed by atoms with Gasteiger partial charge in [0.05, 0.1) is 38.6 Å². The summed E-state index contributed by atoms with van der Waals surface area (Å²) < 4.78 is 33.4. The molecule has 0 saturated heterocycles. The Balaban J connectivity index is 2.12. The van der Waals surface area contributed by atoms with Gasteiger partial charge in [0.2, 0.25) is 0 Å². The first-order chi connectivity index (χ1) is 10.1. The highest BCUT2D eigenvalue weighted by molar-refractivity contribution is 6.30. The van der Waals surface area contributed by atoms with E-state index in [0.717, 1.165) is 6.07 Å². The molecule has 0 unspecified atom stereocenters. The molecule has 0 radical (unpaired) electrons. The van der Waals surface area contributed by atoms with E-state index in [9.17, 15) is 9.18 Å². The number of ether oxygens (including phenoxy) is 4. The molecule has 1 aromatic carbocycles. The maximum absolute atomic E-state index is 13.4. The van der Waals surface area contributed by atoms with Gasteiger partial charge in [0.15, 0.2) is 0 Å². The van der Waals surface area contributed by atoms with Crippen LogP contribution in [-0.4, -0.2) is 52.7 Å². The van der Waals surface area contributed by atoms with Gasteiger partial charge in [0, 0.05) is 12.1 Å². The summed E-state index contributed by atoms with van der Waals surface area (Å²) in [5, 5.41) is 0.271. The van der Waals surface area contributed by atoms with Crippen LogP contribution in [0.15, 0.2) is 18.2 Å². The number of rotatable bonds is 10. The van der Waals surface area contributed by atoms with Crippen LogP contribution < -0.4 is 0 Å². The maximum atomic E-state index is 13.4. The van der Waals surface area contributed by atoms with E-state index < -0.39 is 11.8 Å². The van der Waals surface area contributed by atoms with Gasteiger partial charge < -0.3 is 18.9 Å². The van der Waals surface area contributed by atoms with Crippen LogP contribution in [-0.2, 0) is 18.9 Å². The fourth-order valence-corrected chi connectivity index (χ4v) is 1.56. The third-order valence-electron chi connectivity index (χ3n) is 2.41. The van der Waals surface area contributed by atoms with Gasteiger partial charge in [0.25, 0.3) is 0 Å². The Hall–Kier alpha value is -1.21. The largest absolute Gasteiger partial charge is 0.460 e. The van der Waals surface area contributed by atoms with Crippen molar-refractivity contribution in [1.82, 2.24) is 0 Å². The summed E-state index contributed by atoms with van der Waals surface area (Å²) in [4.78, 5) is 11.6. The lowest BCUT2D eigenvalue weighted by atomic mass is 10.2. The van der Waals surface area contributed by atoms with Crippen molar-refractivity contribution in [2.24, 2.45) is 0 Å². The first kappa shape index (κ1) is 17.8. The van der Waals surface area contributed by atoms with Crippen LogP contribution in [0.5, 0.6) is 0 Å². The van der Waals surface area contributed by atoms with Gasteiger partial charge in [-0.05, 0) is 18.2 Å². The summed E-state index contributed by atoms with van der Waals surface area (Å²) >= 11 is 5.69. The smallest absolute Gasteiger partial charge is 0.341 e. The fourth-order valence-electron chi connectivity index (χ4n) is 1.39. The fraction of sp³-hybridized carbons (Fsp3) is 0.500. The van der Waals surface area contributed by atoms with Gasteiger partial charge in [-0.2, -0.15) is 0 Å². The Morgan fingerprint density at radius 1 is 1.10 bits per heavy atom. The number of benzene rings is 1. The minimum atomic E-state index is -0.769. The van der Waals surface area contributed by atoms with Crippen LogP contribution in [0.4, 0.5) is 4.39 Å². The van der Waals surface area contributed by atoms with E-state index in [1.165, 1.54) is 12.1 Å². The molecule has 118 valence electrons. The molecule has 21 heavy (non-hydrogen) atoms.